The number of halogens is 1. The first-order chi connectivity index (χ1) is 4.38. The largest absolute Gasteiger partial charge is 0.214 e. The van der Waals surface area contributed by atoms with Crippen LogP contribution in [0.25, 0.3) is 0 Å². The Morgan fingerprint density at radius 1 is 1.00 bits per heavy atom. The summed E-state index contributed by atoms with van der Waals surface area (Å²) in [5, 5.41) is 0. The van der Waals surface area contributed by atoms with Crippen LogP contribution in [-0.4, -0.2) is 16.5 Å². The Bertz CT molecular complexity index is 99.5. The molecule has 0 aliphatic carbocycles. The van der Waals surface area contributed by atoms with Crippen LogP contribution in [0.1, 0.15) is 32.1 Å². The Hall–Kier alpha value is 0.250. The van der Waals surface area contributed by atoms with Crippen LogP contribution in [0, 0.1) is 0 Å². The predicted molar refractivity (Wildman–Crippen MR) is 38.4 cm³/mol. The molecule has 2 saturated heterocycles. The number of hydrogen-bond donors (Lipinski definition) is 0. The van der Waals surface area contributed by atoms with E-state index >= 15 is 0 Å². The quantitative estimate of drug-likeness (QED) is 0.473. The fourth-order valence-electron chi connectivity index (χ4n) is 2.05. The average molecular weight is 146 g/mol. The van der Waals surface area contributed by atoms with Crippen molar-refractivity contribution in [3.05, 3.63) is 0 Å². The zero-order valence-corrected chi connectivity index (χ0v) is 6.27. The number of hydrogen-bond acceptors (Lipinski definition) is 1. The molecule has 0 N–H and O–H groups in total. The number of fused-ring (bicyclic) bond motifs is 2. The highest BCUT2D eigenvalue weighted by Crippen LogP contribution is 2.36. The van der Waals surface area contributed by atoms with Crippen molar-refractivity contribution < 1.29 is 0 Å². The summed E-state index contributed by atoms with van der Waals surface area (Å²) in [4.78, 5) is 0. The van der Waals surface area contributed by atoms with Crippen LogP contribution < -0.4 is 0 Å². The van der Waals surface area contributed by atoms with Crippen molar-refractivity contribution in [3.63, 3.8) is 0 Å². The lowest BCUT2D eigenvalue weighted by Gasteiger charge is -2.27. The molecule has 0 spiro atoms. The normalized spacial score (nSPS) is 43.7. The molecule has 0 aromatic rings. The van der Waals surface area contributed by atoms with Gasteiger partial charge in [-0.2, -0.15) is 0 Å². The molecule has 2 aliphatic heterocycles. The van der Waals surface area contributed by atoms with Crippen molar-refractivity contribution in [2.24, 2.45) is 0 Å². The Morgan fingerprint density at radius 3 is 2.00 bits per heavy atom. The van der Waals surface area contributed by atoms with Crippen molar-refractivity contribution in [3.8, 4) is 0 Å². The van der Waals surface area contributed by atoms with Gasteiger partial charge in [-0.05, 0) is 37.5 Å². The molecule has 0 radical (unpaired) electrons. The first kappa shape index (κ1) is 5.99. The van der Waals surface area contributed by atoms with E-state index in [9.17, 15) is 0 Å². The highest BCUT2D eigenvalue weighted by atomic mass is 35.5. The minimum Gasteiger partial charge on any atom is -0.214 e. The molecule has 9 heavy (non-hydrogen) atoms. The summed E-state index contributed by atoms with van der Waals surface area (Å²) in [5.41, 5.74) is 0. The molecule has 0 aromatic carbocycles. The Morgan fingerprint density at radius 2 is 1.56 bits per heavy atom. The average Bonchev–Trinajstić information content (AvgIpc) is 2.19. The van der Waals surface area contributed by atoms with Gasteiger partial charge in [-0.3, -0.25) is 0 Å². The summed E-state index contributed by atoms with van der Waals surface area (Å²) in [6.45, 7) is 0. The van der Waals surface area contributed by atoms with Gasteiger partial charge in [-0.1, -0.05) is 6.42 Å². The van der Waals surface area contributed by atoms with E-state index < -0.39 is 0 Å². The lowest BCUT2D eigenvalue weighted by atomic mass is 10.1. The number of piperidine rings is 1. The zero-order valence-electron chi connectivity index (χ0n) is 5.52. The van der Waals surface area contributed by atoms with E-state index in [0.717, 1.165) is 12.1 Å². The van der Waals surface area contributed by atoms with Crippen LogP contribution in [-0.2, 0) is 0 Å². The molecule has 2 unspecified atom stereocenters. The molecule has 2 atom stereocenters. The van der Waals surface area contributed by atoms with Crippen molar-refractivity contribution >= 4 is 11.8 Å². The number of nitrogens with zero attached hydrogens (tertiary/aromatic N) is 1. The Balaban J connectivity index is 2.10. The van der Waals surface area contributed by atoms with Crippen molar-refractivity contribution in [2.45, 2.75) is 44.2 Å². The highest BCUT2D eigenvalue weighted by Gasteiger charge is 2.35. The SMILES string of the molecule is ClN1C2CCCC1CC2. The summed E-state index contributed by atoms with van der Waals surface area (Å²) >= 11 is 6.01. The molecular weight excluding hydrogens is 134 g/mol. The third-order valence-corrected chi connectivity index (χ3v) is 3.16. The van der Waals surface area contributed by atoms with Gasteiger partial charge in [0.1, 0.15) is 0 Å². The topological polar surface area (TPSA) is 3.24 Å². The van der Waals surface area contributed by atoms with Crippen LogP contribution in [0.4, 0.5) is 0 Å². The summed E-state index contributed by atoms with van der Waals surface area (Å²) in [5.74, 6) is 0. The summed E-state index contributed by atoms with van der Waals surface area (Å²) in [7, 11) is 0. The smallest absolute Gasteiger partial charge is 0.0255 e. The summed E-state index contributed by atoms with van der Waals surface area (Å²) in [6, 6.07) is 1.45. The molecule has 2 aliphatic rings. The van der Waals surface area contributed by atoms with Crippen molar-refractivity contribution in [1.29, 1.82) is 0 Å². The zero-order chi connectivity index (χ0) is 6.27. The number of rotatable bonds is 0. The minimum atomic E-state index is 0.727. The first-order valence-electron chi connectivity index (χ1n) is 3.82. The van der Waals surface area contributed by atoms with Crippen molar-refractivity contribution in [1.82, 2.24) is 4.42 Å². The molecular formula is C7H12ClN. The van der Waals surface area contributed by atoms with E-state index in [0.29, 0.717) is 0 Å². The fourth-order valence-corrected chi connectivity index (χ4v) is 2.44. The van der Waals surface area contributed by atoms with Gasteiger partial charge in [0.15, 0.2) is 0 Å². The monoisotopic (exact) mass is 145 g/mol. The van der Waals surface area contributed by atoms with Gasteiger partial charge in [0.25, 0.3) is 0 Å². The standard InChI is InChI=1S/C7H12ClN/c8-9-6-2-1-3-7(9)5-4-6/h6-7H,1-5H2. The first-order valence-corrected chi connectivity index (χ1v) is 4.16. The van der Waals surface area contributed by atoms with Gasteiger partial charge in [-0.15, -0.1) is 0 Å². The molecule has 2 heterocycles. The van der Waals surface area contributed by atoms with E-state index in [1.165, 1.54) is 32.1 Å². The molecule has 2 rings (SSSR count). The van der Waals surface area contributed by atoms with Crippen LogP contribution in [0.5, 0.6) is 0 Å². The van der Waals surface area contributed by atoms with Crippen LogP contribution in [0.2, 0.25) is 0 Å². The summed E-state index contributed by atoms with van der Waals surface area (Å²) in [6.07, 6.45) is 6.75. The Labute approximate surface area is 61.1 Å². The van der Waals surface area contributed by atoms with Crippen molar-refractivity contribution in [2.75, 3.05) is 0 Å². The van der Waals surface area contributed by atoms with E-state index in [2.05, 4.69) is 4.42 Å². The highest BCUT2D eigenvalue weighted by molar-refractivity contribution is 6.14. The Kier molecular flexibility index (Phi) is 1.42. The van der Waals surface area contributed by atoms with Gasteiger partial charge < -0.3 is 0 Å². The second-order valence-electron chi connectivity index (χ2n) is 3.16. The second kappa shape index (κ2) is 2.14. The molecule has 2 bridgehead atoms. The molecule has 1 nitrogen and oxygen atoms in total. The van der Waals surface area contributed by atoms with E-state index in [1.54, 1.807) is 0 Å². The molecule has 52 valence electrons. The van der Waals surface area contributed by atoms with Gasteiger partial charge in [-0.25, -0.2) is 4.42 Å². The van der Waals surface area contributed by atoms with Crippen LogP contribution in [0.15, 0.2) is 0 Å². The maximum Gasteiger partial charge on any atom is 0.0255 e. The van der Waals surface area contributed by atoms with Gasteiger partial charge >= 0.3 is 0 Å². The third kappa shape index (κ3) is 0.870. The van der Waals surface area contributed by atoms with Gasteiger partial charge in [0.05, 0.1) is 0 Å². The fraction of sp³-hybridized carbons (Fsp3) is 1.00. The molecule has 0 saturated carbocycles. The maximum absolute atomic E-state index is 6.01. The lowest BCUT2D eigenvalue weighted by Crippen LogP contribution is -2.31. The summed E-state index contributed by atoms with van der Waals surface area (Å²) < 4.78 is 2.06. The molecule has 0 amide bonds. The second-order valence-corrected chi connectivity index (χ2v) is 3.55. The van der Waals surface area contributed by atoms with E-state index in [4.69, 9.17) is 11.8 Å². The lowest BCUT2D eigenvalue weighted by molar-refractivity contribution is 0.259. The predicted octanol–water partition coefficient (Wildman–Crippen LogP) is 2.16. The maximum atomic E-state index is 6.01. The third-order valence-electron chi connectivity index (χ3n) is 2.61. The van der Waals surface area contributed by atoms with E-state index in [1.807, 2.05) is 0 Å². The molecule has 2 heteroatoms. The molecule has 0 aromatic heterocycles. The minimum absolute atomic E-state index is 0.727. The van der Waals surface area contributed by atoms with Gasteiger partial charge in [0, 0.05) is 12.1 Å². The molecule has 2 fully saturated rings. The van der Waals surface area contributed by atoms with E-state index in [-0.39, 0.29) is 0 Å². The van der Waals surface area contributed by atoms with Gasteiger partial charge in [0.2, 0.25) is 0 Å². The van der Waals surface area contributed by atoms with Crippen LogP contribution >= 0.6 is 11.8 Å². The van der Waals surface area contributed by atoms with Crippen LogP contribution in [0.3, 0.4) is 0 Å².